The van der Waals surface area contributed by atoms with Gasteiger partial charge in [-0.1, -0.05) is 31.2 Å². The van der Waals surface area contributed by atoms with Gasteiger partial charge in [0.05, 0.1) is 12.8 Å². The van der Waals surface area contributed by atoms with Crippen molar-refractivity contribution in [2.24, 2.45) is 5.92 Å². The van der Waals surface area contributed by atoms with Crippen LogP contribution >= 0.6 is 0 Å². The van der Waals surface area contributed by atoms with Crippen LogP contribution in [0, 0.1) is 5.92 Å². The predicted octanol–water partition coefficient (Wildman–Crippen LogP) is 2.17. The molecule has 0 saturated carbocycles. The molecule has 0 atom stereocenters. The van der Waals surface area contributed by atoms with Crippen LogP contribution in [0.25, 0.3) is 5.69 Å². The summed E-state index contributed by atoms with van der Waals surface area (Å²) in [6, 6.07) is 7.32. The summed E-state index contributed by atoms with van der Waals surface area (Å²) in [4.78, 5) is 11.3. The van der Waals surface area contributed by atoms with Gasteiger partial charge in [0.15, 0.2) is 5.69 Å². The van der Waals surface area contributed by atoms with Crippen LogP contribution in [0.3, 0.4) is 0 Å². The minimum atomic E-state index is -1.07. The highest BCUT2D eigenvalue weighted by atomic mass is 16.5. The number of methoxy groups -OCH3 is 1. The Balaban J connectivity index is 2.59. The molecule has 106 valence electrons. The topological polar surface area (TPSA) is 77.2 Å². The van der Waals surface area contributed by atoms with E-state index in [0.29, 0.717) is 29.5 Å². The smallest absolute Gasteiger partial charge is 0.358 e. The second kappa shape index (κ2) is 5.73. The van der Waals surface area contributed by atoms with Gasteiger partial charge in [0.2, 0.25) is 0 Å². The molecule has 1 aromatic heterocycles. The highest BCUT2D eigenvalue weighted by Gasteiger charge is 2.22. The number of rotatable bonds is 5. The van der Waals surface area contributed by atoms with E-state index in [4.69, 9.17) is 4.74 Å². The maximum Gasteiger partial charge on any atom is 0.358 e. The summed E-state index contributed by atoms with van der Waals surface area (Å²) in [5.74, 6) is -0.152. The molecule has 1 heterocycles. The van der Waals surface area contributed by atoms with Crippen LogP contribution in [0.4, 0.5) is 0 Å². The number of para-hydroxylation sites is 2. The molecule has 6 nitrogen and oxygen atoms in total. The maximum absolute atomic E-state index is 11.3. The number of carboxylic acids is 1. The second-order valence-electron chi connectivity index (χ2n) is 4.87. The molecule has 6 heteroatoms. The van der Waals surface area contributed by atoms with E-state index in [0.717, 1.165) is 0 Å². The quantitative estimate of drug-likeness (QED) is 0.904. The SMILES string of the molecule is COc1ccccc1-n1nnc(C(=O)O)c1CC(C)C. The summed E-state index contributed by atoms with van der Waals surface area (Å²) in [5, 5.41) is 17.0. The Hall–Kier alpha value is -2.37. The molecule has 0 aliphatic heterocycles. The molecule has 0 amide bonds. The maximum atomic E-state index is 11.3. The van der Waals surface area contributed by atoms with Gasteiger partial charge in [0.1, 0.15) is 11.4 Å². The van der Waals surface area contributed by atoms with E-state index in [1.807, 2.05) is 32.0 Å². The van der Waals surface area contributed by atoms with Gasteiger partial charge in [0, 0.05) is 0 Å². The molecule has 0 aliphatic carbocycles. The highest BCUT2D eigenvalue weighted by molar-refractivity contribution is 5.86. The summed E-state index contributed by atoms with van der Waals surface area (Å²) < 4.78 is 6.84. The van der Waals surface area contributed by atoms with E-state index in [9.17, 15) is 9.90 Å². The number of nitrogens with zero attached hydrogens (tertiary/aromatic N) is 3. The molecule has 2 rings (SSSR count). The van der Waals surface area contributed by atoms with Crippen molar-refractivity contribution >= 4 is 5.97 Å². The summed E-state index contributed by atoms with van der Waals surface area (Å²) in [7, 11) is 1.57. The zero-order valence-corrected chi connectivity index (χ0v) is 11.7. The molecular formula is C14H17N3O3. The number of aromatic nitrogens is 3. The van der Waals surface area contributed by atoms with Crippen molar-refractivity contribution in [3.63, 3.8) is 0 Å². The van der Waals surface area contributed by atoms with Crippen molar-refractivity contribution in [3.8, 4) is 11.4 Å². The van der Waals surface area contributed by atoms with Gasteiger partial charge in [-0.2, -0.15) is 0 Å². The lowest BCUT2D eigenvalue weighted by atomic mass is 10.1. The number of hydrogen-bond donors (Lipinski definition) is 1. The van der Waals surface area contributed by atoms with Crippen LogP contribution in [0.1, 0.15) is 30.0 Å². The Bertz CT molecular complexity index is 620. The molecule has 0 unspecified atom stereocenters. The minimum absolute atomic E-state index is 0.00962. The van der Waals surface area contributed by atoms with Crippen molar-refractivity contribution in [3.05, 3.63) is 35.7 Å². The van der Waals surface area contributed by atoms with Gasteiger partial charge in [-0.05, 0) is 24.5 Å². The third kappa shape index (κ3) is 2.64. The molecule has 0 saturated heterocycles. The average Bonchev–Trinajstić information content (AvgIpc) is 2.81. The Morgan fingerprint density at radius 3 is 2.70 bits per heavy atom. The van der Waals surface area contributed by atoms with Crippen molar-refractivity contribution < 1.29 is 14.6 Å². The van der Waals surface area contributed by atoms with Crippen molar-refractivity contribution in [1.82, 2.24) is 15.0 Å². The summed E-state index contributed by atoms with van der Waals surface area (Å²) in [5.41, 5.74) is 1.26. The number of carboxylic acid groups (broad SMARTS) is 1. The summed E-state index contributed by atoms with van der Waals surface area (Å²) in [6.07, 6.45) is 0.576. The molecule has 0 aliphatic rings. The third-order valence-electron chi connectivity index (χ3n) is 2.88. The Morgan fingerprint density at radius 1 is 1.40 bits per heavy atom. The molecule has 0 spiro atoms. The Morgan fingerprint density at radius 2 is 2.10 bits per heavy atom. The lowest BCUT2D eigenvalue weighted by Gasteiger charge is -2.12. The van der Waals surface area contributed by atoms with Crippen LogP contribution in [-0.4, -0.2) is 33.2 Å². The van der Waals surface area contributed by atoms with E-state index in [-0.39, 0.29) is 5.69 Å². The van der Waals surface area contributed by atoms with Crippen LogP contribution in [0.2, 0.25) is 0 Å². The first kappa shape index (κ1) is 14.0. The number of aromatic carboxylic acids is 1. The second-order valence-corrected chi connectivity index (χ2v) is 4.87. The predicted molar refractivity (Wildman–Crippen MR) is 73.4 cm³/mol. The van der Waals surface area contributed by atoms with E-state index in [2.05, 4.69) is 10.3 Å². The van der Waals surface area contributed by atoms with Gasteiger partial charge in [-0.25, -0.2) is 9.48 Å². The number of hydrogen-bond acceptors (Lipinski definition) is 4. The van der Waals surface area contributed by atoms with E-state index < -0.39 is 5.97 Å². The summed E-state index contributed by atoms with van der Waals surface area (Å²) in [6.45, 7) is 4.04. The fourth-order valence-corrected chi connectivity index (χ4v) is 2.04. The zero-order chi connectivity index (χ0) is 14.7. The summed E-state index contributed by atoms with van der Waals surface area (Å²) >= 11 is 0. The first-order chi connectivity index (χ1) is 9.54. The van der Waals surface area contributed by atoms with Gasteiger partial charge in [-0.15, -0.1) is 5.10 Å². The molecule has 1 aromatic carbocycles. The van der Waals surface area contributed by atoms with Crippen LogP contribution in [-0.2, 0) is 6.42 Å². The Labute approximate surface area is 117 Å². The number of carbonyl (C=O) groups is 1. The van der Waals surface area contributed by atoms with Gasteiger partial charge in [-0.3, -0.25) is 0 Å². The fourth-order valence-electron chi connectivity index (χ4n) is 2.04. The molecule has 0 bridgehead atoms. The van der Waals surface area contributed by atoms with Crippen LogP contribution < -0.4 is 4.74 Å². The van der Waals surface area contributed by atoms with E-state index >= 15 is 0 Å². The zero-order valence-electron chi connectivity index (χ0n) is 11.7. The molecule has 20 heavy (non-hydrogen) atoms. The molecule has 0 radical (unpaired) electrons. The van der Waals surface area contributed by atoms with Crippen molar-refractivity contribution in [2.75, 3.05) is 7.11 Å². The first-order valence-electron chi connectivity index (χ1n) is 6.35. The number of benzene rings is 1. The Kier molecular flexibility index (Phi) is 4.02. The molecule has 2 aromatic rings. The first-order valence-corrected chi connectivity index (χ1v) is 6.35. The monoisotopic (exact) mass is 275 g/mol. The molecule has 1 N–H and O–H groups in total. The van der Waals surface area contributed by atoms with Gasteiger partial charge >= 0.3 is 5.97 Å². The standard InChI is InChI=1S/C14H17N3O3/c1-9(2)8-11-13(14(18)19)15-16-17(11)10-6-4-5-7-12(10)20-3/h4-7,9H,8H2,1-3H3,(H,18,19). The lowest BCUT2D eigenvalue weighted by molar-refractivity contribution is 0.0689. The lowest BCUT2D eigenvalue weighted by Crippen LogP contribution is -2.10. The normalized spacial score (nSPS) is 10.8. The molecular weight excluding hydrogens is 258 g/mol. The van der Waals surface area contributed by atoms with E-state index in [1.165, 1.54) is 0 Å². The largest absolute Gasteiger partial charge is 0.494 e. The van der Waals surface area contributed by atoms with Gasteiger partial charge in [0.25, 0.3) is 0 Å². The van der Waals surface area contributed by atoms with Crippen LogP contribution in [0.15, 0.2) is 24.3 Å². The van der Waals surface area contributed by atoms with Gasteiger partial charge < -0.3 is 9.84 Å². The third-order valence-corrected chi connectivity index (χ3v) is 2.88. The molecule has 0 fully saturated rings. The van der Waals surface area contributed by atoms with E-state index in [1.54, 1.807) is 17.9 Å². The van der Waals surface area contributed by atoms with Crippen molar-refractivity contribution in [1.29, 1.82) is 0 Å². The van der Waals surface area contributed by atoms with Crippen molar-refractivity contribution in [2.45, 2.75) is 20.3 Å². The fraction of sp³-hybridized carbons (Fsp3) is 0.357. The highest BCUT2D eigenvalue weighted by Crippen LogP contribution is 2.24. The number of ether oxygens (including phenoxy) is 1. The minimum Gasteiger partial charge on any atom is -0.494 e. The van der Waals surface area contributed by atoms with Crippen LogP contribution in [0.5, 0.6) is 5.75 Å². The average molecular weight is 275 g/mol.